The van der Waals surface area contributed by atoms with E-state index in [2.05, 4.69) is 17.5 Å². The molecule has 1 amide bonds. The standard InChI is InChI=1S/C14H24N2O/c15-10-11-6-4-5-9-13(11)14(17)16-12-7-2-1-3-8-12/h1-2,11-13H,3-10,15H2,(H,16,17). The molecule has 0 aromatic carbocycles. The van der Waals surface area contributed by atoms with Crippen LogP contribution < -0.4 is 11.1 Å². The monoisotopic (exact) mass is 236 g/mol. The Bertz CT molecular complexity index is 288. The number of nitrogens with one attached hydrogen (secondary N) is 1. The molecule has 0 saturated heterocycles. The van der Waals surface area contributed by atoms with Crippen LogP contribution in [0.15, 0.2) is 12.2 Å². The third kappa shape index (κ3) is 3.32. The Balaban J connectivity index is 1.87. The average molecular weight is 236 g/mol. The van der Waals surface area contributed by atoms with Crippen molar-refractivity contribution in [2.45, 2.75) is 51.0 Å². The van der Waals surface area contributed by atoms with E-state index in [1.165, 1.54) is 12.8 Å². The second kappa shape index (κ2) is 6.20. The molecule has 3 unspecified atom stereocenters. The molecule has 2 rings (SSSR count). The van der Waals surface area contributed by atoms with Crippen LogP contribution in [0.25, 0.3) is 0 Å². The Kier molecular flexibility index (Phi) is 4.60. The van der Waals surface area contributed by atoms with Gasteiger partial charge in [0.2, 0.25) is 5.91 Å². The van der Waals surface area contributed by atoms with E-state index in [0.717, 1.165) is 32.1 Å². The van der Waals surface area contributed by atoms with Crippen LogP contribution in [0.3, 0.4) is 0 Å². The minimum atomic E-state index is 0.166. The summed E-state index contributed by atoms with van der Waals surface area (Å²) in [6.45, 7) is 0.655. The van der Waals surface area contributed by atoms with Gasteiger partial charge in [0.25, 0.3) is 0 Å². The van der Waals surface area contributed by atoms with Crippen LogP contribution in [0, 0.1) is 11.8 Å². The van der Waals surface area contributed by atoms with E-state index in [9.17, 15) is 4.79 Å². The maximum absolute atomic E-state index is 12.2. The molecule has 2 aliphatic carbocycles. The van der Waals surface area contributed by atoms with E-state index in [-0.39, 0.29) is 11.8 Å². The molecule has 96 valence electrons. The van der Waals surface area contributed by atoms with Crippen LogP contribution in [0.2, 0.25) is 0 Å². The number of carbonyl (C=O) groups is 1. The molecule has 0 aliphatic heterocycles. The van der Waals surface area contributed by atoms with Gasteiger partial charge in [0.05, 0.1) is 0 Å². The molecule has 0 radical (unpaired) electrons. The molecular weight excluding hydrogens is 212 g/mol. The molecule has 2 aliphatic rings. The first-order valence-electron chi connectivity index (χ1n) is 6.96. The van der Waals surface area contributed by atoms with Crippen molar-refractivity contribution in [3.05, 3.63) is 12.2 Å². The predicted molar refractivity (Wildman–Crippen MR) is 69.4 cm³/mol. The summed E-state index contributed by atoms with van der Waals surface area (Å²) in [5, 5.41) is 3.21. The summed E-state index contributed by atoms with van der Waals surface area (Å²) >= 11 is 0. The number of carbonyl (C=O) groups excluding carboxylic acids is 1. The SMILES string of the molecule is NCC1CCCCC1C(=O)NC1CC=CCC1. The van der Waals surface area contributed by atoms with E-state index >= 15 is 0 Å². The number of hydrogen-bond donors (Lipinski definition) is 2. The third-order valence-electron chi connectivity index (χ3n) is 4.16. The van der Waals surface area contributed by atoms with Gasteiger partial charge in [-0.25, -0.2) is 0 Å². The van der Waals surface area contributed by atoms with Gasteiger partial charge in [0.1, 0.15) is 0 Å². The lowest BCUT2D eigenvalue weighted by molar-refractivity contribution is -0.128. The van der Waals surface area contributed by atoms with Gasteiger partial charge >= 0.3 is 0 Å². The summed E-state index contributed by atoms with van der Waals surface area (Å²) in [6.07, 6.45) is 12.1. The van der Waals surface area contributed by atoms with E-state index in [0.29, 0.717) is 18.5 Å². The molecule has 3 atom stereocenters. The zero-order chi connectivity index (χ0) is 12.1. The Hall–Kier alpha value is -0.830. The molecule has 0 spiro atoms. The van der Waals surface area contributed by atoms with Crippen molar-refractivity contribution in [2.24, 2.45) is 17.6 Å². The van der Waals surface area contributed by atoms with Crippen LogP contribution in [-0.4, -0.2) is 18.5 Å². The first kappa shape index (κ1) is 12.6. The fourth-order valence-electron chi connectivity index (χ4n) is 3.07. The zero-order valence-corrected chi connectivity index (χ0v) is 10.5. The molecule has 1 fully saturated rings. The highest BCUT2D eigenvalue weighted by molar-refractivity contribution is 5.79. The summed E-state index contributed by atoms with van der Waals surface area (Å²) in [6, 6.07) is 0.354. The van der Waals surface area contributed by atoms with Crippen molar-refractivity contribution in [1.29, 1.82) is 0 Å². The Morgan fingerprint density at radius 1 is 1.24 bits per heavy atom. The largest absolute Gasteiger partial charge is 0.353 e. The lowest BCUT2D eigenvalue weighted by Crippen LogP contribution is -2.44. The highest BCUT2D eigenvalue weighted by atomic mass is 16.1. The van der Waals surface area contributed by atoms with Crippen molar-refractivity contribution in [3.63, 3.8) is 0 Å². The maximum Gasteiger partial charge on any atom is 0.223 e. The van der Waals surface area contributed by atoms with Crippen molar-refractivity contribution < 1.29 is 4.79 Å². The van der Waals surface area contributed by atoms with Crippen molar-refractivity contribution in [3.8, 4) is 0 Å². The molecule has 0 bridgehead atoms. The lowest BCUT2D eigenvalue weighted by Gasteiger charge is -2.31. The quantitative estimate of drug-likeness (QED) is 0.736. The second-order valence-corrected chi connectivity index (χ2v) is 5.38. The summed E-state index contributed by atoms with van der Waals surface area (Å²) in [5.74, 6) is 0.822. The molecule has 0 heterocycles. The van der Waals surface area contributed by atoms with Crippen LogP contribution in [0.5, 0.6) is 0 Å². The summed E-state index contributed by atoms with van der Waals surface area (Å²) in [4.78, 5) is 12.2. The van der Waals surface area contributed by atoms with E-state index < -0.39 is 0 Å². The average Bonchev–Trinajstić information content (AvgIpc) is 2.40. The van der Waals surface area contributed by atoms with Gasteiger partial charge < -0.3 is 11.1 Å². The van der Waals surface area contributed by atoms with Crippen LogP contribution in [-0.2, 0) is 4.79 Å². The van der Waals surface area contributed by atoms with Gasteiger partial charge in [-0.2, -0.15) is 0 Å². The number of rotatable bonds is 3. The zero-order valence-electron chi connectivity index (χ0n) is 10.5. The van der Waals surface area contributed by atoms with E-state index in [4.69, 9.17) is 5.73 Å². The number of hydrogen-bond acceptors (Lipinski definition) is 2. The molecule has 3 heteroatoms. The van der Waals surface area contributed by atoms with Gasteiger partial charge in [0, 0.05) is 12.0 Å². The minimum Gasteiger partial charge on any atom is -0.353 e. The molecule has 1 saturated carbocycles. The van der Waals surface area contributed by atoms with Gasteiger partial charge in [-0.15, -0.1) is 0 Å². The van der Waals surface area contributed by atoms with Gasteiger partial charge in [-0.05, 0) is 44.6 Å². The smallest absolute Gasteiger partial charge is 0.223 e. The van der Waals surface area contributed by atoms with E-state index in [1.54, 1.807) is 0 Å². The van der Waals surface area contributed by atoms with Crippen LogP contribution in [0.1, 0.15) is 44.9 Å². The number of amides is 1. The summed E-state index contributed by atoms with van der Waals surface area (Å²) in [7, 11) is 0. The van der Waals surface area contributed by atoms with Gasteiger partial charge in [-0.3, -0.25) is 4.79 Å². The van der Waals surface area contributed by atoms with Crippen LogP contribution in [0.4, 0.5) is 0 Å². The van der Waals surface area contributed by atoms with Crippen molar-refractivity contribution in [2.75, 3.05) is 6.54 Å². The van der Waals surface area contributed by atoms with Crippen molar-refractivity contribution in [1.82, 2.24) is 5.32 Å². The second-order valence-electron chi connectivity index (χ2n) is 5.38. The van der Waals surface area contributed by atoms with Crippen molar-refractivity contribution >= 4 is 5.91 Å². The molecule has 3 N–H and O–H groups in total. The van der Waals surface area contributed by atoms with Gasteiger partial charge in [0.15, 0.2) is 0 Å². The topological polar surface area (TPSA) is 55.1 Å². The first-order valence-corrected chi connectivity index (χ1v) is 6.96. The highest BCUT2D eigenvalue weighted by Crippen LogP contribution is 2.29. The van der Waals surface area contributed by atoms with Crippen LogP contribution >= 0.6 is 0 Å². The normalized spacial score (nSPS) is 33.4. The minimum absolute atomic E-state index is 0.166. The Morgan fingerprint density at radius 3 is 2.76 bits per heavy atom. The number of allylic oxidation sites excluding steroid dienone is 1. The van der Waals surface area contributed by atoms with E-state index in [1.807, 2.05) is 0 Å². The number of nitrogens with two attached hydrogens (primary N) is 1. The molecule has 17 heavy (non-hydrogen) atoms. The fourth-order valence-corrected chi connectivity index (χ4v) is 3.07. The summed E-state index contributed by atoms with van der Waals surface area (Å²) in [5.41, 5.74) is 5.77. The maximum atomic E-state index is 12.2. The molecular formula is C14H24N2O. The highest BCUT2D eigenvalue weighted by Gasteiger charge is 2.30. The van der Waals surface area contributed by atoms with Gasteiger partial charge in [-0.1, -0.05) is 25.0 Å². The summed E-state index contributed by atoms with van der Waals surface area (Å²) < 4.78 is 0. The third-order valence-corrected chi connectivity index (χ3v) is 4.16. The predicted octanol–water partition coefficient (Wildman–Crippen LogP) is 1.98. The molecule has 3 nitrogen and oxygen atoms in total. The Labute approximate surface area is 104 Å². The fraction of sp³-hybridized carbons (Fsp3) is 0.786. The lowest BCUT2D eigenvalue weighted by atomic mass is 9.78. The molecule has 0 aromatic heterocycles. The Morgan fingerprint density at radius 2 is 2.06 bits per heavy atom. The molecule has 0 aromatic rings. The first-order chi connectivity index (χ1) is 8.31.